The molecule has 0 saturated carbocycles. The predicted molar refractivity (Wildman–Crippen MR) is 94.3 cm³/mol. The van der Waals surface area contributed by atoms with Crippen LogP contribution in [0.15, 0.2) is 35.3 Å². The van der Waals surface area contributed by atoms with Gasteiger partial charge in [0.2, 0.25) is 0 Å². The molecule has 22 heavy (non-hydrogen) atoms. The average molecular weight is 301 g/mol. The molecule has 0 amide bonds. The molecule has 0 saturated heterocycles. The van der Waals surface area contributed by atoms with E-state index in [-0.39, 0.29) is 23.0 Å². The lowest BCUT2D eigenvalue weighted by Crippen LogP contribution is -2.38. The monoisotopic (exact) mass is 301 g/mol. The number of hydrogen-bond acceptors (Lipinski definition) is 2. The van der Waals surface area contributed by atoms with Crippen molar-refractivity contribution in [1.82, 2.24) is 0 Å². The maximum Gasteiger partial charge on any atom is 0.187 e. The molecule has 0 bridgehead atoms. The largest absolute Gasteiger partial charge is 0.475 e. The third-order valence-corrected chi connectivity index (χ3v) is 4.70. The third-order valence-electron chi connectivity index (χ3n) is 4.70. The number of hydrogen-bond donors (Lipinski definition) is 0. The highest BCUT2D eigenvalue weighted by atomic mass is 16.5. The van der Waals surface area contributed by atoms with Crippen molar-refractivity contribution in [3.63, 3.8) is 0 Å². The van der Waals surface area contributed by atoms with E-state index in [4.69, 9.17) is 9.73 Å². The first-order valence-electron chi connectivity index (χ1n) is 8.37. The van der Waals surface area contributed by atoms with Crippen molar-refractivity contribution < 1.29 is 4.74 Å². The molecule has 3 atom stereocenters. The maximum atomic E-state index is 6.35. The standard InChI is InChI=1S/C20H31NO/c1-14(19(2,3)4)18-21-16(17(22-18)20(5,6)7)13-15-11-9-8-10-12-15/h8-12,14,16-17H,13H2,1-7H3/t14-,16+,17-/m1/s1. The molecule has 2 heteroatoms. The van der Waals surface area contributed by atoms with Crippen molar-refractivity contribution in [2.45, 2.75) is 67.0 Å². The van der Waals surface area contributed by atoms with Crippen LogP contribution in [0.2, 0.25) is 0 Å². The quantitative estimate of drug-likeness (QED) is 0.759. The van der Waals surface area contributed by atoms with Crippen LogP contribution in [0.1, 0.15) is 54.0 Å². The molecule has 0 N–H and O–H groups in total. The fourth-order valence-electron chi connectivity index (χ4n) is 2.82. The molecule has 122 valence electrons. The minimum absolute atomic E-state index is 0.0856. The van der Waals surface area contributed by atoms with E-state index < -0.39 is 0 Å². The minimum atomic E-state index is 0.0856. The second-order valence-electron chi connectivity index (χ2n) is 8.72. The molecular formula is C20H31NO. The highest BCUT2D eigenvalue weighted by molar-refractivity contribution is 5.81. The molecule has 0 unspecified atom stereocenters. The van der Waals surface area contributed by atoms with Crippen LogP contribution in [0.4, 0.5) is 0 Å². The Labute approximate surface area is 136 Å². The highest BCUT2D eigenvalue weighted by Crippen LogP contribution is 2.37. The Morgan fingerprint density at radius 2 is 1.64 bits per heavy atom. The second kappa shape index (κ2) is 6.06. The van der Waals surface area contributed by atoms with Gasteiger partial charge in [0.1, 0.15) is 6.10 Å². The van der Waals surface area contributed by atoms with E-state index in [2.05, 4.69) is 78.8 Å². The van der Waals surface area contributed by atoms with Gasteiger partial charge in [0.25, 0.3) is 0 Å². The van der Waals surface area contributed by atoms with E-state index in [0.29, 0.717) is 5.92 Å². The van der Waals surface area contributed by atoms with Crippen molar-refractivity contribution in [2.24, 2.45) is 21.7 Å². The number of rotatable bonds is 3. The van der Waals surface area contributed by atoms with Gasteiger partial charge in [-0.15, -0.1) is 0 Å². The van der Waals surface area contributed by atoms with E-state index >= 15 is 0 Å². The van der Waals surface area contributed by atoms with Crippen LogP contribution >= 0.6 is 0 Å². The summed E-state index contributed by atoms with van der Waals surface area (Å²) >= 11 is 0. The SMILES string of the molecule is C[C@H](C1=N[C@@H](Cc2ccccc2)[C@H](C(C)(C)C)O1)C(C)(C)C. The summed E-state index contributed by atoms with van der Waals surface area (Å²) in [5, 5.41) is 0. The summed E-state index contributed by atoms with van der Waals surface area (Å²) in [7, 11) is 0. The van der Waals surface area contributed by atoms with Crippen molar-refractivity contribution in [2.75, 3.05) is 0 Å². The molecule has 2 rings (SSSR count). The molecule has 1 aliphatic rings. The molecule has 1 aromatic carbocycles. The van der Waals surface area contributed by atoms with Gasteiger partial charge >= 0.3 is 0 Å². The zero-order valence-electron chi connectivity index (χ0n) is 15.2. The normalized spacial score (nSPS) is 23.9. The van der Waals surface area contributed by atoms with Crippen LogP contribution < -0.4 is 0 Å². The van der Waals surface area contributed by atoms with E-state index in [0.717, 1.165) is 12.3 Å². The Bertz CT molecular complexity index is 519. The van der Waals surface area contributed by atoms with Crippen LogP contribution in [-0.2, 0) is 11.2 Å². The number of benzene rings is 1. The molecule has 0 aromatic heterocycles. The molecule has 1 aliphatic heterocycles. The molecule has 1 heterocycles. The summed E-state index contributed by atoms with van der Waals surface area (Å²) < 4.78 is 6.35. The molecule has 1 aromatic rings. The molecule has 0 spiro atoms. The molecule has 0 fully saturated rings. The average Bonchev–Trinajstić information content (AvgIpc) is 2.81. The molecule has 2 nitrogen and oxygen atoms in total. The Hall–Kier alpha value is -1.31. The summed E-state index contributed by atoms with van der Waals surface area (Å²) in [4.78, 5) is 4.99. The summed E-state index contributed by atoms with van der Waals surface area (Å²) in [6, 6.07) is 10.8. The summed E-state index contributed by atoms with van der Waals surface area (Å²) in [5.41, 5.74) is 1.59. The van der Waals surface area contributed by atoms with Gasteiger partial charge in [-0.3, -0.25) is 0 Å². The first kappa shape index (κ1) is 17.1. The van der Waals surface area contributed by atoms with Crippen LogP contribution in [0.25, 0.3) is 0 Å². The Morgan fingerprint density at radius 3 is 2.14 bits per heavy atom. The smallest absolute Gasteiger partial charge is 0.187 e. The van der Waals surface area contributed by atoms with E-state index in [9.17, 15) is 0 Å². The van der Waals surface area contributed by atoms with Crippen molar-refractivity contribution in [3.05, 3.63) is 35.9 Å². The van der Waals surface area contributed by atoms with Gasteiger partial charge in [0, 0.05) is 11.3 Å². The minimum Gasteiger partial charge on any atom is -0.475 e. The van der Waals surface area contributed by atoms with Gasteiger partial charge in [-0.2, -0.15) is 0 Å². The van der Waals surface area contributed by atoms with Gasteiger partial charge in [0.05, 0.1) is 6.04 Å². The molecule has 0 aliphatic carbocycles. The van der Waals surface area contributed by atoms with E-state index in [1.54, 1.807) is 0 Å². The first-order valence-corrected chi connectivity index (χ1v) is 8.37. The van der Waals surface area contributed by atoms with Crippen LogP contribution in [-0.4, -0.2) is 18.0 Å². The van der Waals surface area contributed by atoms with Gasteiger partial charge in [-0.1, -0.05) is 78.8 Å². The van der Waals surface area contributed by atoms with E-state index in [1.807, 2.05) is 0 Å². The maximum absolute atomic E-state index is 6.35. The lowest BCUT2D eigenvalue weighted by atomic mass is 9.82. The van der Waals surface area contributed by atoms with Gasteiger partial charge in [-0.05, 0) is 17.4 Å². The first-order chi connectivity index (χ1) is 10.1. The Balaban J connectivity index is 2.24. The number of nitrogens with zero attached hydrogens (tertiary/aromatic N) is 1. The van der Waals surface area contributed by atoms with Crippen molar-refractivity contribution in [1.29, 1.82) is 0 Å². The Morgan fingerprint density at radius 1 is 1.05 bits per heavy atom. The van der Waals surface area contributed by atoms with Crippen LogP contribution in [0, 0.1) is 16.7 Å². The zero-order valence-corrected chi connectivity index (χ0v) is 15.2. The second-order valence-corrected chi connectivity index (χ2v) is 8.72. The Kier molecular flexibility index (Phi) is 4.70. The van der Waals surface area contributed by atoms with Crippen molar-refractivity contribution in [3.8, 4) is 0 Å². The van der Waals surface area contributed by atoms with Crippen LogP contribution in [0.3, 0.4) is 0 Å². The number of aliphatic imine (C=N–C) groups is 1. The van der Waals surface area contributed by atoms with Crippen LogP contribution in [0.5, 0.6) is 0 Å². The van der Waals surface area contributed by atoms with Gasteiger partial charge in [0.15, 0.2) is 5.90 Å². The number of ether oxygens (including phenoxy) is 1. The zero-order chi connectivity index (χ0) is 16.5. The van der Waals surface area contributed by atoms with Gasteiger partial charge in [-0.25, -0.2) is 4.99 Å². The summed E-state index contributed by atoms with van der Waals surface area (Å²) in [6.07, 6.45) is 1.09. The summed E-state index contributed by atoms with van der Waals surface area (Å²) in [5.74, 6) is 1.27. The fraction of sp³-hybridized carbons (Fsp3) is 0.650. The predicted octanol–water partition coefficient (Wildman–Crippen LogP) is 5.12. The summed E-state index contributed by atoms with van der Waals surface area (Å²) in [6.45, 7) is 15.7. The van der Waals surface area contributed by atoms with Gasteiger partial charge < -0.3 is 4.74 Å². The molecule has 0 radical (unpaired) electrons. The highest BCUT2D eigenvalue weighted by Gasteiger charge is 2.42. The van der Waals surface area contributed by atoms with E-state index in [1.165, 1.54) is 5.56 Å². The lowest BCUT2D eigenvalue weighted by molar-refractivity contribution is 0.0666. The topological polar surface area (TPSA) is 21.6 Å². The third kappa shape index (κ3) is 3.91. The van der Waals surface area contributed by atoms with Crippen molar-refractivity contribution >= 4 is 5.90 Å². The fourth-order valence-corrected chi connectivity index (χ4v) is 2.82. The lowest BCUT2D eigenvalue weighted by Gasteiger charge is -2.32. The molecular weight excluding hydrogens is 270 g/mol.